The quantitative estimate of drug-likeness (QED) is 0.455. The van der Waals surface area contributed by atoms with E-state index in [4.69, 9.17) is 9.90 Å². The second-order valence-corrected chi connectivity index (χ2v) is 6.94. The number of hydrogen-bond acceptors (Lipinski definition) is 2. The van der Waals surface area contributed by atoms with Gasteiger partial charge in [-0.15, -0.1) is 0 Å². The molecule has 0 aromatic rings. The lowest BCUT2D eigenvalue weighted by atomic mass is 10.1. The zero-order valence-electron chi connectivity index (χ0n) is 16.0. The zero-order chi connectivity index (χ0) is 17.3. The molecule has 1 unspecified atom stereocenters. The lowest BCUT2D eigenvalue weighted by molar-refractivity contribution is -0.134. The molecule has 1 N–H and O–H groups in total. The summed E-state index contributed by atoms with van der Waals surface area (Å²) in [5, 5.41) is 7.42. The first-order valence-corrected chi connectivity index (χ1v) is 10.0. The minimum Gasteiger partial charge on any atom is -0.481 e. The van der Waals surface area contributed by atoms with Crippen LogP contribution in [0, 0.1) is 0 Å². The average molecular weight is 328 g/mol. The number of nitrogens with zero attached hydrogens (tertiary/aromatic N) is 1. The summed E-state index contributed by atoms with van der Waals surface area (Å²) in [4.78, 5) is 11.7. The summed E-state index contributed by atoms with van der Waals surface area (Å²) in [7, 11) is 0. The summed E-state index contributed by atoms with van der Waals surface area (Å²) in [5.74, 6) is -0.833. The fourth-order valence-corrected chi connectivity index (χ4v) is 3.45. The fourth-order valence-electron chi connectivity index (χ4n) is 3.45. The van der Waals surface area contributed by atoms with Crippen LogP contribution in [-0.4, -0.2) is 35.1 Å². The number of aliphatic carboxylic acids is 1. The molecular weight excluding hydrogens is 286 g/mol. The molecule has 0 aliphatic carbocycles. The molecule has 1 fully saturated rings. The molecule has 0 spiro atoms. The van der Waals surface area contributed by atoms with Crippen LogP contribution in [0.15, 0.2) is 0 Å². The van der Waals surface area contributed by atoms with Gasteiger partial charge < -0.3 is 10.0 Å². The van der Waals surface area contributed by atoms with E-state index in [1.54, 1.807) is 0 Å². The molecule has 0 saturated carbocycles. The summed E-state index contributed by atoms with van der Waals surface area (Å²) >= 11 is 0. The molecule has 0 aromatic heterocycles. The van der Waals surface area contributed by atoms with Crippen LogP contribution in [-0.2, 0) is 4.79 Å². The number of carbonyl (C=O) groups is 1. The third-order valence-electron chi connectivity index (χ3n) is 4.77. The number of hydrogen-bond donors (Lipinski definition) is 1. The van der Waals surface area contributed by atoms with E-state index in [1.165, 1.54) is 96.6 Å². The maximum Gasteiger partial charge on any atom is 0.300 e. The number of carboxylic acid groups (broad SMARTS) is 1. The molecule has 3 nitrogen and oxygen atoms in total. The van der Waals surface area contributed by atoms with E-state index < -0.39 is 5.97 Å². The Labute approximate surface area is 144 Å². The largest absolute Gasteiger partial charge is 0.481 e. The van der Waals surface area contributed by atoms with Crippen molar-refractivity contribution in [2.75, 3.05) is 13.1 Å². The fraction of sp³-hybridized carbons (Fsp3) is 0.950. The van der Waals surface area contributed by atoms with Gasteiger partial charge in [0.05, 0.1) is 0 Å². The van der Waals surface area contributed by atoms with Crippen LogP contribution in [0.2, 0.25) is 0 Å². The highest BCUT2D eigenvalue weighted by molar-refractivity contribution is 5.62. The van der Waals surface area contributed by atoms with Crippen LogP contribution in [0.4, 0.5) is 0 Å². The van der Waals surface area contributed by atoms with E-state index >= 15 is 0 Å². The minimum absolute atomic E-state index is 0.833. The molecule has 1 rings (SSSR count). The molecule has 0 aromatic carbocycles. The summed E-state index contributed by atoms with van der Waals surface area (Å²) in [6, 6.07) is 0.915. The Hall–Kier alpha value is -0.570. The van der Waals surface area contributed by atoms with E-state index in [0.29, 0.717) is 0 Å². The Morgan fingerprint density at radius 3 is 1.91 bits per heavy atom. The normalized spacial score (nSPS) is 17.8. The van der Waals surface area contributed by atoms with E-state index in [-0.39, 0.29) is 0 Å². The first-order valence-electron chi connectivity index (χ1n) is 10.0. The van der Waals surface area contributed by atoms with Gasteiger partial charge in [-0.05, 0) is 38.8 Å². The van der Waals surface area contributed by atoms with Crippen molar-refractivity contribution in [3.63, 3.8) is 0 Å². The molecule has 1 atom stereocenters. The van der Waals surface area contributed by atoms with Gasteiger partial charge in [0, 0.05) is 13.0 Å². The van der Waals surface area contributed by atoms with Gasteiger partial charge in [0.2, 0.25) is 0 Å². The van der Waals surface area contributed by atoms with Crippen molar-refractivity contribution in [2.24, 2.45) is 0 Å². The first kappa shape index (κ1) is 22.4. The maximum atomic E-state index is 9.00. The van der Waals surface area contributed by atoms with E-state index in [1.807, 2.05) is 0 Å². The number of likely N-dealkylation sites (tertiary alicyclic amines) is 1. The van der Waals surface area contributed by atoms with Crippen LogP contribution < -0.4 is 0 Å². The summed E-state index contributed by atoms with van der Waals surface area (Å²) in [5.41, 5.74) is 0. The molecular formula is C20H41NO2. The molecule has 0 amide bonds. The third kappa shape index (κ3) is 14.7. The van der Waals surface area contributed by atoms with Crippen molar-refractivity contribution >= 4 is 5.97 Å². The molecule has 1 saturated heterocycles. The van der Waals surface area contributed by atoms with Gasteiger partial charge in [-0.25, -0.2) is 0 Å². The van der Waals surface area contributed by atoms with Crippen LogP contribution in [0.3, 0.4) is 0 Å². The van der Waals surface area contributed by atoms with Crippen molar-refractivity contribution in [1.29, 1.82) is 0 Å². The van der Waals surface area contributed by atoms with Crippen LogP contribution in [0.25, 0.3) is 0 Å². The van der Waals surface area contributed by atoms with E-state index in [0.717, 1.165) is 13.0 Å². The maximum absolute atomic E-state index is 9.00. The molecule has 0 radical (unpaired) electrons. The van der Waals surface area contributed by atoms with Crippen molar-refractivity contribution in [1.82, 2.24) is 4.90 Å². The zero-order valence-corrected chi connectivity index (χ0v) is 16.0. The Balaban J connectivity index is 0.00000108. The van der Waals surface area contributed by atoms with Crippen molar-refractivity contribution < 1.29 is 9.90 Å². The monoisotopic (exact) mass is 327 g/mol. The van der Waals surface area contributed by atoms with Crippen LogP contribution in [0.1, 0.15) is 104 Å². The SMILES string of the molecule is CC(=O)O.CCCCCCCCCCCCN1CCCC1CC. The Bertz CT molecular complexity index is 264. The van der Waals surface area contributed by atoms with Gasteiger partial charge in [-0.2, -0.15) is 0 Å². The summed E-state index contributed by atoms with van der Waals surface area (Å²) in [6.45, 7) is 8.47. The smallest absolute Gasteiger partial charge is 0.300 e. The van der Waals surface area contributed by atoms with Gasteiger partial charge in [0.15, 0.2) is 0 Å². The first-order chi connectivity index (χ1) is 11.1. The van der Waals surface area contributed by atoms with Crippen LogP contribution >= 0.6 is 0 Å². The highest BCUT2D eigenvalue weighted by Gasteiger charge is 2.21. The molecule has 3 heteroatoms. The van der Waals surface area contributed by atoms with E-state index in [2.05, 4.69) is 18.7 Å². The number of rotatable bonds is 12. The topological polar surface area (TPSA) is 40.5 Å². The summed E-state index contributed by atoms with van der Waals surface area (Å²) < 4.78 is 0. The van der Waals surface area contributed by atoms with Gasteiger partial charge in [-0.1, -0.05) is 71.6 Å². The molecule has 0 bridgehead atoms. The number of unbranched alkanes of at least 4 members (excludes halogenated alkanes) is 9. The van der Waals surface area contributed by atoms with Crippen molar-refractivity contribution in [3.8, 4) is 0 Å². The molecule has 1 heterocycles. The molecule has 1 aliphatic heterocycles. The second kappa shape index (κ2) is 16.3. The lowest BCUT2D eigenvalue weighted by Crippen LogP contribution is -2.29. The van der Waals surface area contributed by atoms with Crippen molar-refractivity contribution in [3.05, 3.63) is 0 Å². The predicted octanol–water partition coefficient (Wildman–Crippen LogP) is 5.87. The summed E-state index contributed by atoms with van der Waals surface area (Å²) in [6.07, 6.45) is 18.8. The molecule has 138 valence electrons. The van der Waals surface area contributed by atoms with E-state index in [9.17, 15) is 0 Å². The molecule has 23 heavy (non-hydrogen) atoms. The average Bonchev–Trinajstić information content (AvgIpc) is 2.96. The third-order valence-corrected chi connectivity index (χ3v) is 4.77. The predicted molar refractivity (Wildman–Crippen MR) is 100 cm³/mol. The second-order valence-electron chi connectivity index (χ2n) is 6.94. The van der Waals surface area contributed by atoms with Gasteiger partial charge in [0.25, 0.3) is 5.97 Å². The van der Waals surface area contributed by atoms with Gasteiger partial charge >= 0.3 is 0 Å². The standard InChI is InChI=1S/C18H37N.C2H4O2/c1-3-5-6-7-8-9-10-11-12-13-16-19-17-14-15-18(19)4-2;1-2(3)4/h18H,3-17H2,1-2H3;1H3,(H,3,4). The van der Waals surface area contributed by atoms with Crippen LogP contribution in [0.5, 0.6) is 0 Å². The van der Waals surface area contributed by atoms with Gasteiger partial charge in [0.1, 0.15) is 0 Å². The Morgan fingerprint density at radius 2 is 1.43 bits per heavy atom. The number of carboxylic acids is 1. The molecule has 1 aliphatic rings. The van der Waals surface area contributed by atoms with Crippen molar-refractivity contribution in [2.45, 2.75) is 110 Å². The lowest BCUT2D eigenvalue weighted by Gasteiger charge is -2.22. The Kier molecular flexibility index (Phi) is 15.9. The van der Waals surface area contributed by atoms with Gasteiger partial charge in [-0.3, -0.25) is 4.79 Å². The highest BCUT2D eigenvalue weighted by Crippen LogP contribution is 2.20. The highest BCUT2D eigenvalue weighted by atomic mass is 16.4. The Morgan fingerprint density at radius 1 is 0.957 bits per heavy atom. The minimum atomic E-state index is -0.833.